The second kappa shape index (κ2) is 8.87. The first kappa shape index (κ1) is 20.5. The van der Waals surface area contributed by atoms with E-state index < -0.39 is 10.2 Å². The van der Waals surface area contributed by atoms with E-state index in [0.717, 1.165) is 17.0 Å². The van der Waals surface area contributed by atoms with Crippen LogP contribution in [0.4, 0.5) is 11.4 Å². The molecule has 29 heavy (non-hydrogen) atoms. The molecule has 0 spiro atoms. The molecule has 0 aliphatic rings. The molecule has 0 fully saturated rings. The van der Waals surface area contributed by atoms with Gasteiger partial charge in [-0.3, -0.25) is 14.9 Å². The average Bonchev–Trinajstić information content (AvgIpc) is 3.10. The van der Waals surface area contributed by atoms with Crippen LogP contribution in [-0.4, -0.2) is 30.8 Å². The Morgan fingerprint density at radius 1 is 1.24 bits per heavy atom. The molecule has 1 atom stereocenters. The topological polar surface area (TPSA) is 103 Å². The number of aryl methyl sites for hydroxylation is 1. The number of nitrogens with zero attached hydrogens (tertiary/aromatic N) is 4. The molecule has 0 aliphatic carbocycles. The number of carbonyl (C=O) groups excluding carboxylic acids is 1. The van der Waals surface area contributed by atoms with Gasteiger partial charge in [0.25, 0.3) is 5.69 Å². The molecule has 1 N–H and O–H groups in total. The lowest BCUT2D eigenvalue weighted by Crippen LogP contribution is -2.22. The van der Waals surface area contributed by atoms with Crippen LogP contribution in [0.5, 0.6) is 0 Å². The first-order chi connectivity index (χ1) is 13.9. The quantitative estimate of drug-likeness (QED) is 0.353. The van der Waals surface area contributed by atoms with Gasteiger partial charge in [0, 0.05) is 29.9 Å². The second-order valence-electron chi connectivity index (χ2n) is 6.47. The zero-order valence-corrected chi connectivity index (χ0v) is 17.1. The van der Waals surface area contributed by atoms with Gasteiger partial charge in [0.2, 0.25) is 5.91 Å². The molecule has 0 bridgehead atoms. The van der Waals surface area contributed by atoms with E-state index in [1.54, 1.807) is 6.92 Å². The van der Waals surface area contributed by atoms with Gasteiger partial charge in [0.1, 0.15) is 0 Å². The lowest BCUT2D eigenvalue weighted by Gasteiger charge is -2.13. The van der Waals surface area contributed by atoms with Crippen molar-refractivity contribution in [1.82, 2.24) is 14.8 Å². The lowest BCUT2D eigenvalue weighted by molar-refractivity contribution is -0.384. The number of aromatic nitrogens is 3. The van der Waals surface area contributed by atoms with Gasteiger partial charge in [-0.25, -0.2) is 0 Å². The third kappa shape index (κ3) is 4.80. The van der Waals surface area contributed by atoms with Gasteiger partial charge in [0.05, 0.1) is 10.2 Å². The van der Waals surface area contributed by atoms with Crippen LogP contribution in [0.3, 0.4) is 0 Å². The van der Waals surface area contributed by atoms with Gasteiger partial charge in [-0.2, -0.15) is 0 Å². The minimum Gasteiger partial charge on any atom is -0.325 e. The highest BCUT2D eigenvalue weighted by Crippen LogP contribution is 2.28. The minimum atomic E-state index is -0.479. The first-order valence-corrected chi connectivity index (χ1v) is 9.99. The Morgan fingerprint density at radius 3 is 2.59 bits per heavy atom. The highest BCUT2D eigenvalue weighted by Gasteiger charge is 2.20. The first-order valence-electron chi connectivity index (χ1n) is 9.11. The van der Waals surface area contributed by atoms with E-state index in [0.29, 0.717) is 17.4 Å². The summed E-state index contributed by atoms with van der Waals surface area (Å²) in [6.45, 7) is 6.49. The van der Waals surface area contributed by atoms with E-state index in [-0.39, 0.29) is 11.6 Å². The van der Waals surface area contributed by atoms with Crippen LogP contribution in [0.25, 0.3) is 11.4 Å². The number of anilines is 1. The van der Waals surface area contributed by atoms with E-state index in [9.17, 15) is 14.9 Å². The van der Waals surface area contributed by atoms with Crippen molar-refractivity contribution in [3.63, 3.8) is 0 Å². The summed E-state index contributed by atoms with van der Waals surface area (Å²) in [5.74, 6) is 0.549. The SMILES string of the molecule is CCn1c(S[C@H](C)C(=O)Nc2ccc([N+](=O)[O-])cc2)nnc1-c1cccc(C)c1. The van der Waals surface area contributed by atoms with Crippen molar-refractivity contribution < 1.29 is 9.72 Å². The van der Waals surface area contributed by atoms with Gasteiger partial charge in [-0.15, -0.1) is 10.2 Å². The van der Waals surface area contributed by atoms with Crippen LogP contribution in [0.2, 0.25) is 0 Å². The van der Waals surface area contributed by atoms with Crippen LogP contribution in [-0.2, 0) is 11.3 Å². The maximum absolute atomic E-state index is 12.5. The molecule has 0 aliphatic heterocycles. The monoisotopic (exact) mass is 411 g/mol. The van der Waals surface area contributed by atoms with Crippen molar-refractivity contribution in [1.29, 1.82) is 0 Å². The number of nitrogens with one attached hydrogen (secondary N) is 1. The number of benzene rings is 2. The van der Waals surface area contributed by atoms with Gasteiger partial charge in [0.15, 0.2) is 11.0 Å². The standard InChI is InChI=1S/C20H21N5O3S/c1-4-24-18(15-7-5-6-13(2)12-15)22-23-20(24)29-14(3)19(26)21-16-8-10-17(11-9-16)25(27)28/h5-12,14H,4H2,1-3H3,(H,21,26)/t14-/m1/s1. The van der Waals surface area contributed by atoms with E-state index >= 15 is 0 Å². The molecule has 0 unspecified atom stereocenters. The Balaban J connectivity index is 1.72. The smallest absolute Gasteiger partial charge is 0.269 e. The van der Waals surface area contributed by atoms with Crippen LogP contribution < -0.4 is 5.32 Å². The lowest BCUT2D eigenvalue weighted by atomic mass is 10.1. The molecular weight excluding hydrogens is 390 g/mol. The number of thioether (sulfide) groups is 1. The van der Waals surface area contributed by atoms with Crippen molar-refractivity contribution in [2.24, 2.45) is 0 Å². The fourth-order valence-electron chi connectivity index (χ4n) is 2.78. The van der Waals surface area contributed by atoms with Crippen molar-refractivity contribution in [2.75, 3.05) is 5.32 Å². The summed E-state index contributed by atoms with van der Waals surface area (Å²) >= 11 is 1.32. The molecular formula is C20H21N5O3S. The summed E-state index contributed by atoms with van der Waals surface area (Å²) < 4.78 is 1.98. The molecule has 0 radical (unpaired) electrons. The number of amides is 1. The molecule has 9 heteroatoms. The van der Waals surface area contributed by atoms with Crippen molar-refractivity contribution in [3.05, 3.63) is 64.2 Å². The van der Waals surface area contributed by atoms with E-state index in [4.69, 9.17) is 0 Å². The molecule has 1 aromatic heterocycles. The summed E-state index contributed by atoms with van der Waals surface area (Å²) in [5.41, 5.74) is 2.60. The van der Waals surface area contributed by atoms with Crippen LogP contribution in [0.15, 0.2) is 53.7 Å². The summed E-state index contributed by atoms with van der Waals surface area (Å²) in [6.07, 6.45) is 0. The number of nitro benzene ring substituents is 1. The van der Waals surface area contributed by atoms with Crippen molar-refractivity contribution >= 4 is 29.0 Å². The molecule has 1 amide bonds. The van der Waals surface area contributed by atoms with Crippen LogP contribution >= 0.6 is 11.8 Å². The highest BCUT2D eigenvalue weighted by atomic mass is 32.2. The van der Waals surface area contributed by atoms with Crippen molar-refractivity contribution in [2.45, 2.75) is 37.7 Å². The number of nitro groups is 1. The largest absolute Gasteiger partial charge is 0.325 e. The summed E-state index contributed by atoms with van der Waals surface area (Å²) in [5, 5.41) is 22.3. The zero-order chi connectivity index (χ0) is 21.0. The number of carbonyl (C=O) groups is 1. The predicted molar refractivity (Wildman–Crippen MR) is 113 cm³/mol. The Hall–Kier alpha value is -3.20. The predicted octanol–water partition coefficient (Wildman–Crippen LogP) is 4.30. The van der Waals surface area contributed by atoms with E-state index in [2.05, 4.69) is 21.6 Å². The Labute approximate surface area is 172 Å². The zero-order valence-electron chi connectivity index (χ0n) is 16.3. The Kier molecular flexibility index (Phi) is 6.28. The minimum absolute atomic E-state index is 0.0230. The van der Waals surface area contributed by atoms with Gasteiger partial charge in [-0.05, 0) is 39.0 Å². The van der Waals surface area contributed by atoms with Crippen molar-refractivity contribution in [3.8, 4) is 11.4 Å². The maximum Gasteiger partial charge on any atom is 0.269 e. The van der Waals surface area contributed by atoms with Gasteiger partial charge < -0.3 is 9.88 Å². The Bertz CT molecular complexity index is 1030. The molecule has 2 aromatic carbocycles. The summed E-state index contributed by atoms with van der Waals surface area (Å²) in [4.78, 5) is 22.8. The molecule has 3 aromatic rings. The summed E-state index contributed by atoms with van der Waals surface area (Å²) in [7, 11) is 0. The van der Waals surface area contributed by atoms with Crippen LogP contribution in [0.1, 0.15) is 19.4 Å². The van der Waals surface area contributed by atoms with E-state index in [1.165, 1.54) is 36.0 Å². The summed E-state index contributed by atoms with van der Waals surface area (Å²) in [6, 6.07) is 13.8. The van der Waals surface area contributed by atoms with Crippen LogP contribution in [0, 0.1) is 17.0 Å². The number of non-ortho nitro benzene ring substituents is 1. The highest BCUT2D eigenvalue weighted by molar-refractivity contribution is 8.00. The van der Waals surface area contributed by atoms with Gasteiger partial charge in [-0.1, -0.05) is 35.5 Å². The second-order valence-corrected chi connectivity index (χ2v) is 7.78. The maximum atomic E-state index is 12.5. The average molecular weight is 411 g/mol. The van der Waals surface area contributed by atoms with E-state index in [1.807, 2.05) is 36.6 Å². The molecule has 8 nitrogen and oxygen atoms in total. The fraction of sp³-hybridized carbons (Fsp3) is 0.250. The molecule has 0 saturated carbocycles. The molecule has 1 heterocycles. The molecule has 150 valence electrons. The number of rotatable bonds is 7. The fourth-order valence-corrected chi connectivity index (χ4v) is 3.69. The number of hydrogen-bond donors (Lipinski definition) is 1. The third-order valence-corrected chi connectivity index (χ3v) is 5.39. The number of hydrogen-bond acceptors (Lipinski definition) is 6. The molecule has 3 rings (SSSR count). The molecule has 0 saturated heterocycles. The van der Waals surface area contributed by atoms with Gasteiger partial charge >= 0.3 is 0 Å². The Morgan fingerprint density at radius 2 is 1.97 bits per heavy atom. The third-order valence-electron chi connectivity index (χ3n) is 4.31. The normalized spacial score (nSPS) is 11.8.